The number of hydrogen-bond donors (Lipinski definition) is 1. The van der Waals surface area contributed by atoms with Gasteiger partial charge in [0.1, 0.15) is 23.2 Å². The maximum absolute atomic E-state index is 13.0. The molecule has 0 aliphatic heterocycles. The number of ether oxygens (including phenoxy) is 1. The highest BCUT2D eigenvalue weighted by atomic mass is 35.5. The fourth-order valence-electron chi connectivity index (χ4n) is 2.86. The average molecular weight is 489 g/mol. The van der Waals surface area contributed by atoms with Gasteiger partial charge in [-0.1, -0.05) is 11.6 Å². The number of nitrogens with one attached hydrogen (secondary N) is 1. The first kappa shape index (κ1) is 24.6. The van der Waals surface area contributed by atoms with Gasteiger partial charge in [0.15, 0.2) is 0 Å². The van der Waals surface area contributed by atoms with E-state index >= 15 is 0 Å². The maximum atomic E-state index is 13.0. The standard InChI is InChI=1S/C24H16ClF3N2O4/c1-2-33-23(32)14-3-6-17(7-4-14)30-22(31)15(13-29)11-18-8-10-21(34-18)19-12-16(24(26,27)28)5-9-20(19)25/h3-12H,2H2,1H3,(H,30,31)/b15-11+. The number of alkyl halides is 3. The van der Waals surface area contributed by atoms with E-state index < -0.39 is 23.6 Å². The molecule has 1 aromatic heterocycles. The van der Waals surface area contributed by atoms with Crippen molar-refractivity contribution < 1.29 is 31.9 Å². The number of nitrogens with zero attached hydrogens (tertiary/aromatic N) is 1. The summed E-state index contributed by atoms with van der Waals surface area (Å²) in [5, 5.41) is 11.9. The van der Waals surface area contributed by atoms with Gasteiger partial charge >= 0.3 is 12.1 Å². The van der Waals surface area contributed by atoms with E-state index in [0.29, 0.717) is 11.3 Å². The van der Waals surface area contributed by atoms with Crippen molar-refractivity contribution in [3.8, 4) is 17.4 Å². The van der Waals surface area contributed by atoms with Crippen molar-refractivity contribution in [1.82, 2.24) is 0 Å². The first-order valence-corrected chi connectivity index (χ1v) is 10.2. The van der Waals surface area contributed by atoms with Crippen LogP contribution in [-0.2, 0) is 15.7 Å². The number of carbonyl (C=O) groups excluding carboxylic acids is 2. The maximum Gasteiger partial charge on any atom is 0.416 e. The molecule has 1 heterocycles. The van der Waals surface area contributed by atoms with Crippen molar-refractivity contribution in [2.24, 2.45) is 0 Å². The summed E-state index contributed by atoms with van der Waals surface area (Å²) in [7, 11) is 0. The third kappa shape index (κ3) is 5.85. The summed E-state index contributed by atoms with van der Waals surface area (Å²) in [6.45, 7) is 1.90. The Hall–Kier alpha value is -4.03. The molecule has 0 spiro atoms. The molecule has 0 fully saturated rings. The van der Waals surface area contributed by atoms with E-state index in [4.69, 9.17) is 20.8 Å². The second-order valence-corrected chi connectivity index (χ2v) is 7.22. The molecule has 3 aromatic rings. The number of carbonyl (C=O) groups is 2. The second kappa shape index (κ2) is 10.3. The summed E-state index contributed by atoms with van der Waals surface area (Å²) in [6.07, 6.45) is -3.41. The predicted octanol–water partition coefficient (Wildman–Crippen LogP) is 6.34. The topological polar surface area (TPSA) is 92.3 Å². The van der Waals surface area contributed by atoms with Crippen LogP contribution in [0.25, 0.3) is 17.4 Å². The van der Waals surface area contributed by atoms with Gasteiger partial charge in [-0.15, -0.1) is 0 Å². The van der Waals surface area contributed by atoms with E-state index in [2.05, 4.69) is 5.32 Å². The van der Waals surface area contributed by atoms with E-state index in [-0.39, 0.29) is 34.3 Å². The molecule has 0 bridgehead atoms. The molecule has 0 saturated heterocycles. The molecule has 0 aliphatic rings. The first-order valence-electron chi connectivity index (χ1n) is 9.79. The Kier molecular flexibility index (Phi) is 7.44. The quantitative estimate of drug-likeness (QED) is 0.248. The molecule has 34 heavy (non-hydrogen) atoms. The highest BCUT2D eigenvalue weighted by molar-refractivity contribution is 6.33. The molecule has 0 aliphatic carbocycles. The summed E-state index contributed by atoms with van der Waals surface area (Å²) in [4.78, 5) is 24.2. The van der Waals surface area contributed by atoms with Gasteiger partial charge in [-0.3, -0.25) is 4.79 Å². The van der Waals surface area contributed by atoms with Crippen LogP contribution in [0.1, 0.15) is 28.6 Å². The smallest absolute Gasteiger partial charge is 0.416 e. The molecule has 0 radical (unpaired) electrons. The summed E-state index contributed by atoms with van der Waals surface area (Å²) >= 11 is 6.02. The molecule has 3 rings (SSSR count). The third-order valence-electron chi connectivity index (χ3n) is 4.49. The van der Waals surface area contributed by atoms with Crippen LogP contribution in [0.15, 0.2) is 64.6 Å². The average Bonchev–Trinajstić information content (AvgIpc) is 3.26. The van der Waals surface area contributed by atoms with Crippen LogP contribution in [0.4, 0.5) is 18.9 Å². The third-order valence-corrected chi connectivity index (χ3v) is 4.82. The van der Waals surface area contributed by atoms with Gasteiger partial charge in [-0.25, -0.2) is 4.79 Å². The van der Waals surface area contributed by atoms with Crippen LogP contribution >= 0.6 is 11.6 Å². The Morgan fingerprint density at radius 3 is 2.47 bits per heavy atom. The van der Waals surface area contributed by atoms with E-state index in [0.717, 1.165) is 24.3 Å². The molecule has 0 atom stereocenters. The van der Waals surface area contributed by atoms with Crippen LogP contribution < -0.4 is 5.32 Å². The monoisotopic (exact) mass is 488 g/mol. The molecule has 174 valence electrons. The van der Waals surface area contributed by atoms with Crippen molar-refractivity contribution in [1.29, 1.82) is 5.26 Å². The number of hydrogen-bond acceptors (Lipinski definition) is 5. The number of furan rings is 1. The predicted molar refractivity (Wildman–Crippen MR) is 119 cm³/mol. The number of halogens is 4. The van der Waals surface area contributed by atoms with Gasteiger partial charge < -0.3 is 14.5 Å². The number of rotatable bonds is 6. The first-order chi connectivity index (χ1) is 16.1. The molecule has 1 amide bonds. The normalized spacial score (nSPS) is 11.6. The number of amides is 1. The number of esters is 1. The Bertz CT molecular complexity index is 1290. The zero-order valence-corrected chi connectivity index (χ0v) is 18.3. The summed E-state index contributed by atoms with van der Waals surface area (Å²) in [5.41, 5.74) is -0.569. The molecule has 6 nitrogen and oxygen atoms in total. The van der Waals surface area contributed by atoms with Crippen LogP contribution in [0.5, 0.6) is 0 Å². The minimum Gasteiger partial charge on any atom is -0.462 e. The summed E-state index contributed by atoms with van der Waals surface area (Å²) in [5.74, 6) is -1.16. The largest absolute Gasteiger partial charge is 0.462 e. The van der Waals surface area contributed by atoms with Gasteiger partial charge in [0.05, 0.1) is 22.8 Å². The van der Waals surface area contributed by atoms with Crippen LogP contribution in [-0.4, -0.2) is 18.5 Å². The van der Waals surface area contributed by atoms with Gasteiger partial charge in [-0.2, -0.15) is 18.4 Å². The fraction of sp³-hybridized carbons (Fsp3) is 0.125. The second-order valence-electron chi connectivity index (χ2n) is 6.82. The molecule has 10 heteroatoms. The Morgan fingerprint density at radius 2 is 1.85 bits per heavy atom. The van der Waals surface area contributed by atoms with Gasteiger partial charge in [0, 0.05) is 17.3 Å². The van der Waals surface area contributed by atoms with Gasteiger partial charge in [0.25, 0.3) is 5.91 Å². The lowest BCUT2D eigenvalue weighted by molar-refractivity contribution is -0.137. The van der Waals surface area contributed by atoms with Crippen molar-refractivity contribution in [2.75, 3.05) is 11.9 Å². The lowest BCUT2D eigenvalue weighted by Gasteiger charge is -2.09. The number of anilines is 1. The van der Waals surface area contributed by atoms with Crippen LogP contribution in [0, 0.1) is 11.3 Å². The lowest BCUT2D eigenvalue weighted by Crippen LogP contribution is -2.13. The van der Waals surface area contributed by atoms with Crippen LogP contribution in [0.2, 0.25) is 5.02 Å². The zero-order chi connectivity index (χ0) is 24.9. The van der Waals surface area contributed by atoms with E-state index in [1.54, 1.807) is 13.0 Å². The summed E-state index contributed by atoms with van der Waals surface area (Å²) in [6, 6.07) is 13.2. The van der Waals surface area contributed by atoms with Crippen molar-refractivity contribution in [3.63, 3.8) is 0 Å². The van der Waals surface area contributed by atoms with Crippen molar-refractivity contribution in [2.45, 2.75) is 13.1 Å². The molecule has 0 saturated carbocycles. The molecular weight excluding hydrogens is 473 g/mol. The highest BCUT2D eigenvalue weighted by Gasteiger charge is 2.31. The van der Waals surface area contributed by atoms with Gasteiger partial charge in [-0.05, 0) is 61.5 Å². The minimum atomic E-state index is -4.56. The zero-order valence-electron chi connectivity index (χ0n) is 17.6. The molecular formula is C24H16ClF3N2O4. The fourth-order valence-corrected chi connectivity index (χ4v) is 3.07. The molecule has 2 aromatic carbocycles. The Labute approximate surface area is 197 Å². The van der Waals surface area contributed by atoms with E-state index in [9.17, 15) is 28.0 Å². The summed E-state index contributed by atoms with van der Waals surface area (Å²) < 4.78 is 49.4. The lowest BCUT2D eigenvalue weighted by atomic mass is 10.1. The van der Waals surface area contributed by atoms with Gasteiger partial charge in [0.2, 0.25) is 0 Å². The SMILES string of the molecule is CCOC(=O)c1ccc(NC(=O)/C(C#N)=C/c2ccc(-c3cc(C(F)(F)F)ccc3Cl)o2)cc1. The number of nitriles is 1. The number of benzene rings is 2. The minimum absolute atomic E-state index is 0.0146. The Morgan fingerprint density at radius 1 is 1.15 bits per heavy atom. The molecule has 1 N–H and O–H groups in total. The molecule has 0 unspecified atom stereocenters. The van der Waals surface area contributed by atoms with E-state index in [1.807, 2.05) is 0 Å². The van der Waals surface area contributed by atoms with Crippen molar-refractivity contribution >= 4 is 35.2 Å². The van der Waals surface area contributed by atoms with Crippen LogP contribution in [0.3, 0.4) is 0 Å². The Balaban J connectivity index is 1.79. The highest BCUT2D eigenvalue weighted by Crippen LogP contribution is 2.36. The van der Waals surface area contributed by atoms with Crippen molar-refractivity contribution in [3.05, 3.63) is 82.1 Å². The van der Waals surface area contributed by atoms with E-state index in [1.165, 1.54) is 36.4 Å².